The Balaban J connectivity index is 2.61. The van der Waals surface area contributed by atoms with Gasteiger partial charge in [-0.15, -0.1) is 0 Å². The van der Waals surface area contributed by atoms with Crippen LogP contribution in [0.2, 0.25) is 0 Å². The fourth-order valence-electron chi connectivity index (χ4n) is 2.15. The Morgan fingerprint density at radius 3 is 2.85 bits per heavy atom. The minimum absolute atomic E-state index is 0.529. The Hall–Kier alpha value is -0.300. The molecule has 0 aromatic rings. The Morgan fingerprint density at radius 1 is 1.38 bits per heavy atom. The van der Waals surface area contributed by atoms with E-state index in [9.17, 15) is 5.11 Å². The van der Waals surface area contributed by atoms with Gasteiger partial charge >= 0.3 is 0 Å². The second-order valence-electron chi connectivity index (χ2n) is 4.35. The lowest BCUT2D eigenvalue weighted by molar-refractivity contribution is 0.0842. The van der Waals surface area contributed by atoms with Crippen LogP contribution in [0, 0.1) is 0 Å². The maximum atomic E-state index is 10.2. The average molecular weight is 182 g/mol. The van der Waals surface area contributed by atoms with Crippen LogP contribution in [-0.2, 0) is 0 Å². The Bertz CT molecular complexity index is 180. The molecule has 1 atom stereocenters. The summed E-state index contributed by atoms with van der Waals surface area (Å²) in [5.74, 6) is 0. The molecule has 1 aliphatic rings. The number of hydrogen-bond acceptors (Lipinski definition) is 1. The van der Waals surface area contributed by atoms with Crippen molar-refractivity contribution in [2.75, 3.05) is 0 Å². The van der Waals surface area contributed by atoms with E-state index >= 15 is 0 Å². The number of allylic oxidation sites excluding steroid dienone is 1. The van der Waals surface area contributed by atoms with Crippen LogP contribution in [0.25, 0.3) is 0 Å². The molecule has 1 rings (SSSR count). The zero-order chi connectivity index (χ0) is 9.73. The first-order valence-corrected chi connectivity index (χ1v) is 5.58. The molecule has 76 valence electrons. The summed E-state index contributed by atoms with van der Waals surface area (Å²) in [4.78, 5) is 0. The zero-order valence-electron chi connectivity index (χ0n) is 8.97. The van der Waals surface area contributed by atoms with Gasteiger partial charge in [-0.2, -0.15) is 0 Å². The van der Waals surface area contributed by atoms with E-state index in [2.05, 4.69) is 13.0 Å². The first kappa shape index (κ1) is 10.8. The highest BCUT2D eigenvalue weighted by atomic mass is 16.3. The van der Waals surface area contributed by atoms with Gasteiger partial charge < -0.3 is 5.11 Å². The van der Waals surface area contributed by atoms with Crippen LogP contribution in [0.15, 0.2) is 11.6 Å². The van der Waals surface area contributed by atoms with Crippen molar-refractivity contribution in [3.05, 3.63) is 11.6 Å². The second-order valence-corrected chi connectivity index (χ2v) is 4.35. The minimum Gasteiger partial charge on any atom is -0.386 e. The quantitative estimate of drug-likeness (QED) is 0.663. The molecule has 1 nitrogen and oxygen atoms in total. The third-order valence-corrected chi connectivity index (χ3v) is 2.97. The van der Waals surface area contributed by atoms with Crippen molar-refractivity contribution in [1.29, 1.82) is 0 Å². The lowest BCUT2D eigenvalue weighted by atomic mass is 9.88. The molecule has 0 saturated carbocycles. The van der Waals surface area contributed by atoms with Crippen molar-refractivity contribution >= 4 is 0 Å². The third-order valence-electron chi connectivity index (χ3n) is 2.97. The second kappa shape index (κ2) is 4.80. The largest absolute Gasteiger partial charge is 0.386 e. The fraction of sp³-hybridized carbons (Fsp3) is 0.833. The molecule has 1 N–H and O–H groups in total. The molecule has 0 aromatic carbocycles. The van der Waals surface area contributed by atoms with Crippen molar-refractivity contribution in [2.24, 2.45) is 0 Å². The molecular weight excluding hydrogens is 160 g/mol. The normalized spacial score (nSPS) is 23.2. The highest BCUT2D eigenvalue weighted by molar-refractivity contribution is 5.15. The third kappa shape index (κ3) is 3.15. The maximum Gasteiger partial charge on any atom is 0.0828 e. The minimum atomic E-state index is -0.529. The monoisotopic (exact) mass is 182 g/mol. The molecule has 0 aliphatic heterocycles. The van der Waals surface area contributed by atoms with Gasteiger partial charge in [0.2, 0.25) is 0 Å². The summed E-state index contributed by atoms with van der Waals surface area (Å²) in [5, 5.41) is 10.2. The molecule has 0 saturated heterocycles. The van der Waals surface area contributed by atoms with Gasteiger partial charge in [0.25, 0.3) is 0 Å². The van der Waals surface area contributed by atoms with Crippen LogP contribution in [0.3, 0.4) is 0 Å². The average Bonchev–Trinajstić information content (AvgIpc) is 2.31. The van der Waals surface area contributed by atoms with E-state index in [0.29, 0.717) is 0 Å². The van der Waals surface area contributed by atoms with Gasteiger partial charge in [-0.05, 0) is 44.6 Å². The van der Waals surface area contributed by atoms with Crippen LogP contribution in [0.5, 0.6) is 0 Å². The number of rotatable bonds is 3. The standard InChI is InChI=1S/C12H22O/c1-3-10-12(2,13)11-8-6-4-5-7-9-11/h8,13H,3-7,9-10H2,1-2H3. The van der Waals surface area contributed by atoms with Crippen molar-refractivity contribution in [2.45, 2.75) is 64.4 Å². The van der Waals surface area contributed by atoms with Gasteiger partial charge in [-0.25, -0.2) is 0 Å². The van der Waals surface area contributed by atoms with E-state index < -0.39 is 5.60 Å². The highest BCUT2D eigenvalue weighted by Crippen LogP contribution is 2.29. The summed E-state index contributed by atoms with van der Waals surface area (Å²) in [7, 11) is 0. The molecular formula is C12H22O. The van der Waals surface area contributed by atoms with Gasteiger partial charge in [-0.3, -0.25) is 0 Å². The number of hydrogen-bond donors (Lipinski definition) is 1. The molecule has 0 radical (unpaired) electrons. The van der Waals surface area contributed by atoms with E-state index in [1.807, 2.05) is 6.92 Å². The van der Waals surface area contributed by atoms with Crippen molar-refractivity contribution in [3.8, 4) is 0 Å². The molecule has 1 unspecified atom stereocenters. The van der Waals surface area contributed by atoms with Crippen LogP contribution in [0.1, 0.15) is 58.8 Å². The fourth-order valence-corrected chi connectivity index (χ4v) is 2.15. The first-order chi connectivity index (χ1) is 6.17. The molecule has 1 heteroatoms. The highest BCUT2D eigenvalue weighted by Gasteiger charge is 2.24. The summed E-state index contributed by atoms with van der Waals surface area (Å²) >= 11 is 0. The van der Waals surface area contributed by atoms with Gasteiger partial charge in [0.15, 0.2) is 0 Å². The molecule has 0 fully saturated rings. The van der Waals surface area contributed by atoms with E-state index in [-0.39, 0.29) is 0 Å². The Morgan fingerprint density at radius 2 is 2.15 bits per heavy atom. The predicted molar refractivity (Wildman–Crippen MR) is 56.7 cm³/mol. The number of aliphatic hydroxyl groups is 1. The van der Waals surface area contributed by atoms with E-state index in [0.717, 1.165) is 25.7 Å². The topological polar surface area (TPSA) is 20.2 Å². The summed E-state index contributed by atoms with van der Waals surface area (Å²) in [5.41, 5.74) is 0.755. The van der Waals surface area contributed by atoms with Crippen molar-refractivity contribution in [1.82, 2.24) is 0 Å². The SMILES string of the molecule is CCCC(C)(O)C1=CCCCCC1. The van der Waals surface area contributed by atoms with Crippen LogP contribution in [0.4, 0.5) is 0 Å². The lowest BCUT2D eigenvalue weighted by Gasteiger charge is -2.26. The summed E-state index contributed by atoms with van der Waals surface area (Å²) < 4.78 is 0. The first-order valence-electron chi connectivity index (χ1n) is 5.58. The van der Waals surface area contributed by atoms with Crippen LogP contribution >= 0.6 is 0 Å². The van der Waals surface area contributed by atoms with Crippen molar-refractivity contribution in [3.63, 3.8) is 0 Å². The molecule has 0 heterocycles. The van der Waals surface area contributed by atoms with Crippen LogP contribution < -0.4 is 0 Å². The summed E-state index contributed by atoms with van der Waals surface area (Å²) in [6.45, 7) is 4.10. The molecule has 1 aliphatic carbocycles. The lowest BCUT2D eigenvalue weighted by Crippen LogP contribution is -2.26. The van der Waals surface area contributed by atoms with Gasteiger partial charge in [0, 0.05) is 0 Å². The van der Waals surface area contributed by atoms with Gasteiger partial charge in [0.1, 0.15) is 0 Å². The predicted octanol–water partition coefficient (Wildman–Crippen LogP) is 3.43. The summed E-state index contributed by atoms with van der Waals surface area (Å²) in [6, 6.07) is 0. The smallest absolute Gasteiger partial charge is 0.0828 e. The molecule has 0 amide bonds. The summed E-state index contributed by atoms with van der Waals surface area (Å²) in [6.07, 6.45) is 10.4. The van der Waals surface area contributed by atoms with E-state index in [1.165, 1.54) is 24.8 Å². The van der Waals surface area contributed by atoms with Gasteiger partial charge in [-0.1, -0.05) is 25.8 Å². The van der Waals surface area contributed by atoms with Crippen LogP contribution in [-0.4, -0.2) is 10.7 Å². The molecule has 13 heavy (non-hydrogen) atoms. The van der Waals surface area contributed by atoms with E-state index in [4.69, 9.17) is 0 Å². The molecule has 0 bridgehead atoms. The Labute approximate surface area is 81.9 Å². The Kier molecular flexibility index (Phi) is 3.98. The molecule has 0 spiro atoms. The maximum absolute atomic E-state index is 10.2. The zero-order valence-corrected chi connectivity index (χ0v) is 8.97. The van der Waals surface area contributed by atoms with Crippen molar-refractivity contribution < 1.29 is 5.11 Å². The van der Waals surface area contributed by atoms with Gasteiger partial charge in [0.05, 0.1) is 5.60 Å². The molecule has 0 aromatic heterocycles. The van der Waals surface area contributed by atoms with E-state index in [1.54, 1.807) is 0 Å².